The van der Waals surface area contributed by atoms with Crippen molar-refractivity contribution in [2.75, 3.05) is 12.4 Å². The zero-order chi connectivity index (χ0) is 16.0. The van der Waals surface area contributed by atoms with Crippen LogP contribution >= 0.6 is 47.0 Å². The van der Waals surface area contributed by atoms with Gasteiger partial charge < -0.3 is 15.4 Å². The molecule has 0 saturated heterocycles. The van der Waals surface area contributed by atoms with Crippen LogP contribution in [0.2, 0.25) is 15.1 Å². The molecule has 0 aliphatic rings. The minimum Gasteiger partial charge on any atom is -0.469 e. The number of benzene rings is 1. The molecule has 0 unspecified atom stereocenters. The Kier molecular flexibility index (Phi) is 7.17. The topological polar surface area (TPSA) is 67.4 Å². The molecule has 1 aromatic carbocycles. The summed E-state index contributed by atoms with van der Waals surface area (Å²) in [4.78, 5) is 22.5. The molecule has 0 aliphatic carbocycles. The van der Waals surface area contributed by atoms with Crippen LogP contribution in [0.1, 0.15) is 12.8 Å². The Morgan fingerprint density at radius 1 is 1.14 bits per heavy atom. The first-order valence-electron chi connectivity index (χ1n) is 5.65. The van der Waals surface area contributed by atoms with Gasteiger partial charge >= 0.3 is 5.97 Å². The van der Waals surface area contributed by atoms with Gasteiger partial charge in [0.2, 0.25) is 5.91 Å². The number of hydrogen-bond acceptors (Lipinski definition) is 4. The predicted octanol–water partition coefficient (Wildman–Crippen LogP) is 3.41. The Labute approximate surface area is 141 Å². The normalized spacial score (nSPS) is 9.90. The van der Waals surface area contributed by atoms with E-state index in [1.54, 1.807) is 0 Å². The lowest BCUT2D eigenvalue weighted by molar-refractivity contribution is -0.142. The molecule has 0 radical (unpaired) electrons. The maximum Gasteiger partial charge on any atom is 0.306 e. The van der Waals surface area contributed by atoms with Crippen molar-refractivity contribution in [3.05, 3.63) is 27.2 Å². The van der Waals surface area contributed by atoms with Crippen molar-refractivity contribution in [2.45, 2.75) is 12.8 Å². The van der Waals surface area contributed by atoms with Gasteiger partial charge in [-0.25, -0.2) is 0 Å². The predicted molar refractivity (Wildman–Crippen MR) is 87.1 cm³/mol. The fourth-order valence-electron chi connectivity index (χ4n) is 1.28. The highest BCUT2D eigenvalue weighted by atomic mass is 35.5. The van der Waals surface area contributed by atoms with Gasteiger partial charge in [-0.2, -0.15) is 0 Å². The van der Waals surface area contributed by atoms with Gasteiger partial charge in [0.05, 0.1) is 34.3 Å². The number of thiocarbonyl (C=S) groups is 1. The number of ether oxygens (including phenoxy) is 1. The molecule has 1 aromatic rings. The van der Waals surface area contributed by atoms with Gasteiger partial charge in [-0.3, -0.25) is 9.59 Å². The van der Waals surface area contributed by atoms with Crippen molar-refractivity contribution in [3.63, 3.8) is 0 Å². The van der Waals surface area contributed by atoms with E-state index in [0.29, 0.717) is 20.8 Å². The van der Waals surface area contributed by atoms with Crippen LogP contribution in [0.5, 0.6) is 0 Å². The van der Waals surface area contributed by atoms with Crippen molar-refractivity contribution in [3.8, 4) is 0 Å². The number of halogens is 3. The molecule has 0 heterocycles. The van der Waals surface area contributed by atoms with Crippen LogP contribution in [0.25, 0.3) is 0 Å². The van der Waals surface area contributed by atoms with Gasteiger partial charge in [0.1, 0.15) is 0 Å². The number of methoxy groups -OCH3 is 1. The van der Waals surface area contributed by atoms with Crippen LogP contribution in [0.15, 0.2) is 12.1 Å². The van der Waals surface area contributed by atoms with Crippen LogP contribution in [0.4, 0.5) is 5.69 Å². The minimum absolute atomic E-state index is 0.0293. The Bertz CT molecular complexity index is 581. The standard InChI is InChI=1S/C12H11Cl3N2O3S/c1-20-11(19)3-2-10(18)17-12(21)16-9-5-7(14)6(13)4-8(9)15/h4-5H,2-3H2,1H3,(H2,16,17,18,21). The smallest absolute Gasteiger partial charge is 0.306 e. The molecule has 0 aliphatic heterocycles. The molecule has 1 rings (SSSR count). The zero-order valence-electron chi connectivity index (χ0n) is 10.8. The monoisotopic (exact) mass is 368 g/mol. The third kappa shape index (κ3) is 6.05. The number of nitrogens with one attached hydrogen (secondary N) is 2. The summed E-state index contributed by atoms with van der Waals surface area (Å²) in [6.07, 6.45) is -0.0674. The maximum absolute atomic E-state index is 11.5. The van der Waals surface area contributed by atoms with E-state index in [4.69, 9.17) is 47.0 Å². The summed E-state index contributed by atoms with van der Waals surface area (Å²) in [6, 6.07) is 2.94. The molecular weight excluding hydrogens is 359 g/mol. The number of carbonyl (C=O) groups is 2. The van der Waals surface area contributed by atoms with E-state index in [-0.39, 0.29) is 18.0 Å². The number of amides is 1. The van der Waals surface area contributed by atoms with E-state index >= 15 is 0 Å². The summed E-state index contributed by atoms with van der Waals surface area (Å²) < 4.78 is 4.43. The van der Waals surface area contributed by atoms with Crippen LogP contribution in [0, 0.1) is 0 Å². The summed E-state index contributed by atoms with van der Waals surface area (Å²) in [6.45, 7) is 0. The summed E-state index contributed by atoms with van der Waals surface area (Å²) in [5.74, 6) is -0.898. The second-order valence-electron chi connectivity index (χ2n) is 3.82. The summed E-state index contributed by atoms with van der Waals surface area (Å²) in [5, 5.41) is 6.06. The molecule has 0 bridgehead atoms. The van der Waals surface area contributed by atoms with Crippen molar-refractivity contribution < 1.29 is 14.3 Å². The van der Waals surface area contributed by atoms with Gasteiger partial charge in [-0.05, 0) is 24.4 Å². The van der Waals surface area contributed by atoms with Gasteiger partial charge in [0, 0.05) is 6.42 Å². The van der Waals surface area contributed by atoms with Crippen LogP contribution < -0.4 is 10.6 Å². The average molecular weight is 370 g/mol. The molecule has 2 N–H and O–H groups in total. The maximum atomic E-state index is 11.5. The van der Waals surface area contributed by atoms with Gasteiger partial charge in [-0.1, -0.05) is 34.8 Å². The van der Waals surface area contributed by atoms with E-state index in [9.17, 15) is 9.59 Å². The van der Waals surface area contributed by atoms with E-state index in [2.05, 4.69) is 15.4 Å². The molecule has 0 saturated carbocycles. The van der Waals surface area contributed by atoms with Gasteiger partial charge in [0.15, 0.2) is 5.11 Å². The quantitative estimate of drug-likeness (QED) is 0.483. The van der Waals surface area contributed by atoms with Gasteiger partial charge in [0.25, 0.3) is 0 Å². The molecule has 0 aromatic heterocycles. The third-order valence-electron chi connectivity index (χ3n) is 2.29. The van der Waals surface area contributed by atoms with Crippen molar-refractivity contribution in [2.24, 2.45) is 0 Å². The molecule has 21 heavy (non-hydrogen) atoms. The van der Waals surface area contributed by atoms with E-state index in [1.165, 1.54) is 19.2 Å². The Morgan fingerprint density at radius 2 is 1.76 bits per heavy atom. The average Bonchev–Trinajstić information content (AvgIpc) is 2.42. The minimum atomic E-state index is -0.475. The van der Waals surface area contributed by atoms with Crippen LogP contribution in [0.3, 0.4) is 0 Å². The lowest BCUT2D eigenvalue weighted by atomic mass is 10.3. The van der Waals surface area contributed by atoms with E-state index in [1.807, 2.05) is 0 Å². The van der Waals surface area contributed by atoms with E-state index in [0.717, 1.165) is 0 Å². The highest BCUT2D eigenvalue weighted by molar-refractivity contribution is 7.80. The second kappa shape index (κ2) is 8.38. The molecule has 0 atom stereocenters. The highest BCUT2D eigenvalue weighted by Gasteiger charge is 2.11. The number of esters is 1. The molecule has 9 heteroatoms. The Balaban J connectivity index is 2.56. The Hall–Kier alpha value is -1.08. The fourth-order valence-corrected chi connectivity index (χ4v) is 2.10. The molecule has 0 spiro atoms. The molecular formula is C12H11Cl3N2O3S. The largest absolute Gasteiger partial charge is 0.469 e. The second-order valence-corrected chi connectivity index (χ2v) is 5.45. The zero-order valence-corrected chi connectivity index (χ0v) is 13.9. The first-order valence-corrected chi connectivity index (χ1v) is 7.20. The van der Waals surface area contributed by atoms with Crippen LogP contribution in [-0.2, 0) is 14.3 Å². The van der Waals surface area contributed by atoms with Gasteiger partial charge in [-0.15, -0.1) is 0 Å². The number of anilines is 1. The lowest BCUT2D eigenvalue weighted by Gasteiger charge is -2.11. The SMILES string of the molecule is COC(=O)CCC(=O)NC(=S)Nc1cc(Cl)c(Cl)cc1Cl. The molecule has 5 nitrogen and oxygen atoms in total. The first-order chi connectivity index (χ1) is 9.83. The Morgan fingerprint density at radius 3 is 2.38 bits per heavy atom. The summed E-state index contributed by atoms with van der Waals surface area (Å²) >= 11 is 22.6. The molecule has 1 amide bonds. The van der Waals surface area contributed by atoms with E-state index < -0.39 is 11.9 Å². The van der Waals surface area contributed by atoms with Crippen LogP contribution in [-0.4, -0.2) is 24.1 Å². The number of rotatable bonds is 4. The number of hydrogen-bond donors (Lipinski definition) is 2. The van der Waals surface area contributed by atoms with Crippen molar-refractivity contribution >= 4 is 69.7 Å². The molecule has 0 fully saturated rings. The highest BCUT2D eigenvalue weighted by Crippen LogP contribution is 2.32. The molecule has 114 valence electrons. The summed E-state index contributed by atoms with van der Waals surface area (Å²) in [7, 11) is 1.25. The fraction of sp³-hybridized carbons (Fsp3) is 0.250. The summed E-state index contributed by atoms with van der Waals surface area (Å²) in [5.41, 5.74) is 0.407. The number of carbonyl (C=O) groups excluding carboxylic acids is 2. The van der Waals surface area contributed by atoms with Crippen molar-refractivity contribution in [1.29, 1.82) is 0 Å². The first kappa shape index (κ1) is 18.0. The third-order valence-corrected chi connectivity index (χ3v) is 3.53. The lowest BCUT2D eigenvalue weighted by Crippen LogP contribution is -2.34. The van der Waals surface area contributed by atoms with Crippen molar-refractivity contribution in [1.82, 2.24) is 5.32 Å².